The number of aliphatic hydroxyl groups is 3. The molecule has 0 saturated heterocycles. The molecule has 8 atom stereocenters. The zero-order chi connectivity index (χ0) is 32.9. The quantitative estimate of drug-likeness (QED) is 0.129. The number of rotatable bonds is 9. The van der Waals surface area contributed by atoms with Gasteiger partial charge in [0.25, 0.3) is 0 Å². The van der Waals surface area contributed by atoms with E-state index in [9.17, 15) is 20.4 Å². The Morgan fingerprint density at radius 2 is 1.94 bits per heavy atom. The fourth-order valence-electron chi connectivity index (χ4n) is 8.01. The first-order valence-electron chi connectivity index (χ1n) is 17.4. The molecule has 8 nitrogen and oxygen atoms in total. The Bertz CT molecular complexity index is 1590. The summed E-state index contributed by atoms with van der Waals surface area (Å²) in [7, 11) is 0. The van der Waals surface area contributed by atoms with E-state index in [0.717, 1.165) is 60.9 Å². The number of anilines is 1. The first kappa shape index (κ1) is 33.1. The number of aromatic hydroxyl groups is 1. The van der Waals surface area contributed by atoms with Crippen LogP contribution in [0, 0.1) is 29.6 Å². The molecule has 7 N–H and O–H groups in total. The smallest absolute Gasteiger partial charge is 0.161 e. The highest BCUT2D eigenvalue weighted by Crippen LogP contribution is 2.48. The van der Waals surface area contributed by atoms with Gasteiger partial charge >= 0.3 is 0 Å². The number of benzene rings is 1. The van der Waals surface area contributed by atoms with Crippen molar-refractivity contribution >= 4 is 5.82 Å². The summed E-state index contributed by atoms with van der Waals surface area (Å²) in [6, 6.07) is 11.5. The van der Waals surface area contributed by atoms with Gasteiger partial charge in [0, 0.05) is 41.8 Å². The van der Waals surface area contributed by atoms with Gasteiger partial charge in [-0.3, -0.25) is 0 Å². The number of hydrogen-bond acceptors (Lipinski definition) is 7. The van der Waals surface area contributed by atoms with E-state index in [0.29, 0.717) is 43.2 Å². The Hall–Kier alpha value is -3.77. The van der Waals surface area contributed by atoms with Gasteiger partial charge in [-0.1, -0.05) is 43.3 Å². The number of phenolic OH excluding ortho intramolecular Hbond substituents is 1. The number of aromatic amines is 1. The summed E-state index contributed by atoms with van der Waals surface area (Å²) < 4.78 is 6.39. The number of aromatic nitrogens is 2. The van der Waals surface area contributed by atoms with Gasteiger partial charge in [0.05, 0.1) is 18.8 Å². The summed E-state index contributed by atoms with van der Waals surface area (Å²) >= 11 is 0. The van der Waals surface area contributed by atoms with Crippen molar-refractivity contribution in [2.45, 2.75) is 101 Å². The Morgan fingerprint density at radius 1 is 1.09 bits per heavy atom. The summed E-state index contributed by atoms with van der Waals surface area (Å²) in [5.74, 6) is 7.50. The minimum absolute atomic E-state index is 0.0211. The van der Waals surface area contributed by atoms with Crippen LogP contribution in [0.3, 0.4) is 0 Å². The minimum Gasteiger partial charge on any atom is -0.504 e. The van der Waals surface area contributed by atoms with Crippen molar-refractivity contribution in [3.63, 3.8) is 0 Å². The first-order chi connectivity index (χ1) is 22.8. The maximum absolute atomic E-state index is 11.7. The molecule has 0 unspecified atom stereocenters. The van der Waals surface area contributed by atoms with Crippen LogP contribution in [0.4, 0.5) is 5.82 Å². The molecule has 3 aliphatic carbocycles. The van der Waals surface area contributed by atoms with Gasteiger partial charge in [-0.15, -0.1) is 0 Å². The number of nitrogens with zero attached hydrogens (tertiary/aromatic N) is 1. The standard InChI is InChI=1S/C39H49N3O5/c1-2-24-6-3-4-8-34(44)39-28(10-9-24)16-26-11-12-27-19-35(45)37(22-33(27)32(26)21-36(39)46)47-31(23-43)18-29(17-30-7-5-14-41-30)25-13-15-42-38(40)20-25/h5,7,13-16,19-20,22,24,28-29,31-32,34,36,39,41,43-46H,2-4,6,8,11-12,17-18,21,23H2,1H3,(H2,40,42)/t24-,28+,29+,31+,32-,34+,36-,39-/m1/s1. The van der Waals surface area contributed by atoms with E-state index in [2.05, 4.69) is 34.8 Å². The number of phenols is 1. The number of allylic oxidation sites excluding steroid dienone is 2. The summed E-state index contributed by atoms with van der Waals surface area (Å²) in [6.45, 7) is 1.95. The molecule has 3 aromatic rings. The summed E-state index contributed by atoms with van der Waals surface area (Å²) in [4.78, 5) is 7.42. The average molecular weight is 640 g/mol. The molecule has 3 aliphatic rings. The van der Waals surface area contributed by atoms with Crippen LogP contribution in [-0.2, 0) is 12.8 Å². The molecule has 0 spiro atoms. The lowest BCUT2D eigenvalue weighted by atomic mass is 9.76. The van der Waals surface area contributed by atoms with E-state index in [1.54, 1.807) is 12.3 Å². The van der Waals surface area contributed by atoms with Crippen LogP contribution < -0.4 is 10.5 Å². The van der Waals surface area contributed by atoms with Gasteiger partial charge in [-0.2, -0.15) is 0 Å². The van der Waals surface area contributed by atoms with Crippen LogP contribution in [-0.4, -0.2) is 55.3 Å². The molecule has 0 amide bonds. The second-order valence-electron chi connectivity index (χ2n) is 13.7. The number of nitrogen functional groups attached to an aromatic ring is 1. The molecule has 1 aromatic carbocycles. The lowest BCUT2D eigenvalue weighted by Gasteiger charge is -2.32. The summed E-state index contributed by atoms with van der Waals surface area (Å²) in [5.41, 5.74) is 11.4. The van der Waals surface area contributed by atoms with Crippen LogP contribution in [0.25, 0.3) is 0 Å². The van der Waals surface area contributed by atoms with Crippen LogP contribution in [0.2, 0.25) is 0 Å². The third-order valence-electron chi connectivity index (χ3n) is 10.6. The Morgan fingerprint density at radius 3 is 2.70 bits per heavy atom. The predicted octanol–water partition coefficient (Wildman–Crippen LogP) is 5.77. The fourth-order valence-corrected chi connectivity index (χ4v) is 8.01. The van der Waals surface area contributed by atoms with Crippen molar-refractivity contribution in [2.24, 2.45) is 17.8 Å². The largest absolute Gasteiger partial charge is 0.504 e. The third kappa shape index (κ3) is 7.70. The highest BCUT2D eigenvalue weighted by Gasteiger charge is 2.40. The van der Waals surface area contributed by atoms with Crippen molar-refractivity contribution < 1.29 is 25.2 Å². The number of aliphatic hydroxyl groups excluding tert-OH is 3. The zero-order valence-electron chi connectivity index (χ0n) is 27.3. The average Bonchev–Trinajstić information content (AvgIpc) is 3.53. The molecule has 250 valence electrons. The van der Waals surface area contributed by atoms with E-state index in [1.807, 2.05) is 36.5 Å². The number of pyridine rings is 1. The highest BCUT2D eigenvalue weighted by atomic mass is 16.5. The Labute approximate surface area is 278 Å². The van der Waals surface area contributed by atoms with E-state index in [-0.39, 0.29) is 36.0 Å². The molecule has 2 heterocycles. The first-order valence-corrected chi connectivity index (χ1v) is 17.4. The molecule has 2 aromatic heterocycles. The molecule has 0 fully saturated rings. The highest BCUT2D eigenvalue weighted by molar-refractivity contribution is 5.52. The number of aryl methyl sites for hydroxylation is 1. The molecule has 0 bridgehead atoms. The Kier molecular flexibility index (Phi) is 10.6. The van der Waals surface area contributed by atoms with E-state index >= 15 is 0 Å². The molecule has 0 radical (unpaired) electrons. The van der Waals surface area contributed by atoms with E-state index in [4.69, 9.17) is 10.5 Å². The normalized spacial score (nSPS) is 27.0. The van der Waals surface area contributed by atoms with Gasteiger partial charge in [0.1, 0.15) is 11.9 Å². The van der Waals surface area contributed by atoms with Crippen molar-refractivity contribution in [3.05, 3.63) is 82.8 Å². The van der Waals surface area contributed by atoms with Gasteiger partial charge in [-0.25, -0.2) is 4.98 Å². The molecular formula is C39H49N3O5. The monoisotopic (exact) mass is 639 g/mol. The number of nitrogens with one attached hydrogen (secondary N) is 1. The fraction of sp³-hybridized carbons (Fsp3) is 0.513. The van der Waals surface area contributed by atoms with Crippen LogP contribution in [0.15, 0.2) is 60.4 Å². The van der Waals surface area contributed by atoms with Gasteiger partial charge in [0.2, 0.25) is 0 Å². The van der Waals surface area contributed by atoms with Crippen LogP contribution >= 0.6 is 0 Å². The molecule has 0 saturated carbocycles. The van der Waals surface area contributed by atoms with Crippen LogP contribution in [0.1, 0.15) is 92.5 Å². The third-order valence-corrected chi connectivity index (χ3v) is 10.6. The van der Waals surface area contributed by atoms with Crippen molar-refractivity contribution in [1.29, 1.82) is 0 Å². The minimum atomic E-state index is -0.724. The topological polar surface area (TPSA) is 145 Å². The van der Waals surface area contributed by atoms with Crippen molar-refractivity contribution in [1.82, 2.24) is 9.97 Å². The molecule has 8 heteroatoms. The zero-order valence-corrected chi connectivity index (χ0v) is 27.3. The van der Waals surface area contributed by atoms with Gasteiger partial charge in [-0.05, 0) is 110 Å². The molecular weight excluding hydrogens is 590 g/mol. The van der Waals surface area contributed by atoms with Crippen molar-refractivity contribution in [2.75, 3.05) is 12.3 Å². The molecule has 47 heavy (non-hydrogen) atoms. The van der Waals surface area contributed by atoms with Gasteiger partial charge in [0.15, 0.2) is 11.5 Å². The van der Waals surface area contributed by atoms with E-state index in [1.165, 1.54) is 5.57 Å². The second kappa shape index (κ2) is 15.0. The molecule has 0 aliphatic heterocycles. The lowest BCUT2D eigenvalue weighted by molar-refractivity contribution is -0.00724. The maximum atomic E-state index is 11.7. The van der Waals surface area contributed by atoms with E-state index < -0.39 is 18.3 Å². The summed E-state index contributed by atoms with van der Waals surface area (Å²) in [6.07, 6.45) is 11.8. The van der Waals surface area contributed by atoms with Crippen LogP contribution in [0.5, 0.6) is 11.5 Å². The summed E-state index contributed by atoms with van der Waals surface area (Å²) in [5, 5.41) is 44.6. The molecule has 6 rings (SSSR count). The number of nitrogens with two attached hydrogens (primary N) is 1. The predicted molar refractivity (Wildman–Crippen MR) is 183 cm³/mol. The number of fused-ring (bicyclic) bond motifs is 4. The number of ether oxygens (including phenoxy) is 1. The SMILES string of the molecule is CC[C@H]1C#C[C@H]2C=C3CCc4cc(O)c(O[C@H](CO)C[C@H](Cc5ccc[nH]5)c5ccnc(N)c5)cc4[C@@H]3C[C@@H](O)[C@H]2[C@@H](O)CCCC1. The lowest BCUT2D eigenvalue weighted by Crippen LogP contribution is -2.37. The number of H-pyrrole nitrogens is 1. The maximum Gasteiger partial charge on any atom is 0.161 e. The number of hydrogen-bond donors (Lipinski definition) is 6. The van der Waals surface area contributed by atoms with Crippen molar-refractivity contribution in [3.8, 4) is 23.3 Å². The van der Waals surface area contributed by atoms with Gasteiger partial charge < -0.3 is 35.9 Å². The second-order valence-corrected chi connectivity index (χ2v) is 13.7. The Balaban J connectivity index is 1.28.